The molecule has 7 heteroatoms. The van der Waals surface area contributed by atoms with E-state index in [1.807, 2.05) is 0 Å². The summed E-state index contributed by atoms with van der Waals surface area (Å²) in [5.41, 5.74) is 0. The Morgan fingerprint density at radius 2 is 2.33 bits per heavy atom. The Labute approximate surface area is 112 Å². The summed E-state index contributed by atoms with van der Waals surface area (Å²) in [4.78, 5) is 3.81. The maximum Gasteiger partial charge on any atom is 0.259 e. The normalized spacial score (nSPS) is 20.8. The van der Waals surface area contributed by atoms with Gasteiger partial charge < -0.3 is 5.32 Å². The largest absolute Gasteiger partial charge is 0.313 e. The summed E-state index contributed by atoms with van der Waals surface area (Å²) in [6, 6.07) is 3.31. The number of halogens is 1. The predicted octanol–water partition coefficient (Wildman–Crippen LogP) is 1.16. The standard InChI is InChI=1S/C11H16ClN3O2S/c12-10-5-3-7-14-11(10)18(16,17)15-8-9-4-1-2-6-13-9/h3,5,7,9,13,15H,1-2,4,6,8H2/t9-/m1/s1. The number of sulfonamides is 1. The molecule has 1 aliphatic heterocycles. The molecule has 2 rings (SSSR count). The summed E-state index contributed by atoms with van der Waals surface area (Å²) in [6.07, 6.45) is 4.68. The lowest BCUT2D eigenvalue weighted by Gasteiger charge is -2.23. The van der Waals surface area contributed by atoms with Crippen molar-refractivity contribution >= 4 is 21.6 Å². The summed E-state index contributed by atoms with van der Waals surface area (Å²) >= 11 is 5.83. The van der Waals surface area contributed by atoms with Gasteiger partial charge in [-0.3, -0.25) is 0 Å². The highest BCUT2D eigenvalue weighted by Crippen LogP contribution is 2.17. The molecule has 0 amide bonds. The molecule has 1 fully saturated rings. The molecule has 0 radical (unpaired) electrons. The summed E-state index contributed by atoms with van der Waals surface area (Å²) < 4.78 is 26.6. The molecule has 0 unspecified atom stereocenters. The van der Waals surface area contributed by atoms with Crippen LogP contribution in [-0.4, -0.2) is 32.5 Å². The van der Waals surface area contributed by atoms with Gasteiger partial charge in [-0.1, -0.05) is 18.0 Å². The highest BCUT2D eigenvalue weighted by molar-refractivity contribution is 7.89. The van der Waals surface area contributed by atoms with Crippen molar-refractivity contribution in [3.05, 3.63) is 23.4 Å². The molecule has 0 aromatic carbocycles. The van der Waals surface area contributed by atoms with E-state index in [0.29, 0.717) is 6.54 Å². The first-order valence-electron chi connectivity index (χ1n) is 5.93. The fourth-order valence-corrected chi connectivity index (χ4v) is 3.45. The van der Waals surface area contributed by atoms with Crippen LogP contribution in [0.1, 0.15) is 19.3 Å². The summed E-state index contributed by atoms with van der Waals surface area (Å²) in [7, 11) is -3.62. The van der Waals surface area contributed by atoms with E-state index in [1.54, 1.807) is 6.07 Å². The molecule has 0 saturated carbocycles. The Kier molecular flexibility index (Phi) is 4.55. The van der Waals surface area contributed by atoms with Crippen molar-refractivity contribution in [3.63, 3.8) is 0 Å². The van der Waals surface area contributed by atoms with Crippen LogP contribution in [0.15, 0.2) is 23.4 Å². The van der Waals surface area contributed by atoms with Gasteiger partial charge in [0.1, 0.15) is 0 Å². The van der Waals surface area contributed by atoms with Gasteiger partial charge in [0, 0.05) is 18.8 Å². The van der Waals surface area contributed by atoms with Crippen molar-refractivity contribution in [1.82, 2.24) is 15.0 Å². The quantitative estimate of drug-likeness (QED) is 0.872. The molecular formula is C11H16ClN3O2S. The minimum absolute atomic E-state index is 0.109. The van der Waals surface area contributed by atoms with Gasteiger partial charge in [-0.15, -0.1) is 0 Å². The van der Waals surface area contributed by atoms with Crippen LogP contribution in [0.3, 0.4) is 0 Å². The molecule has 5 nitrogen and oxygen atoms in total. The summed E-state index contributed by atoms with van der Waals surface area (Å²) in [5, 5.41) is 3.31. The van der Waals surface area contributed by atoms with Gasteiger partial charge in [-0.25, -0.2) is 18.1 Å². The molecule has 2 N–H and O–H groups in total. The smallest absolute Gasteiger partial charge is 0.259 e. The molecular weight excluding hydrogens is 274 g/mol. The van der Waals surface area contributed by atoms with Crippen molar-refractivity contribution in [3.8, 4) is 0 Å². The van der Waals surface area contributed by atoms with E-state index >= 15 is 0 Å². The van der Waals surface area contributed by atoms with Crippen LogP contribution in [0, 0.1) is 0 Å². The average molecular weight is 290 g/mol. The average Bonchev–Trinajstić information content (AvgIpc) is 2.38. The number of pyridine rings is 1. The van der Waals surface area contributed by atoms with Crippen molar-refractivity contribution in [2.75, 3.05) is 13.1 Å². The van der Waals surface area contributed by atoms with Gasteiger partial charge in [-0.05, 0) is 31.5 Å². The third-order valence-electron chi connectivity index (χ3n) is 2.91. The van der Waals surface area contributed by atoms with Gasteiger partial charge in [0.2, 0.25) is 0 Å². The lowest BCUT2D eigenvalue weighted by Crippen LogP contribution is -2.43. The maximum atomic E-state index is 12.0. The lowest BCUT2D eigenvalue weighted by molar-refractivity contribution is 0.398. The molecule has 18 heavy (non-hydrogen) atoms. The lowest BCUT2D eigenvalue weighted by atomic mass is 10.1. The maximum absolute atomic E-state index is 12.0. The second kappa shape index (κ2) is 5.97. The Hall–Kier alpha value is -0.690. The van der Waals surface area contributed by atoms with Gasteiger partial charge in [0.05, 0.1) is 5.02 Å². The topological polar surface area (TPSA) is 71.1 Å². The molecule has 0 bridgehead atoms. The molecule has 1 aliphatic rings. The summed E-state index contributed by atoms with van der Waals surface area (Å²) in [5.74, 6) is 0. The Balaban J connectivity index is 2.01. The fourth-order valence-electron chi connectivity index (χ4n) is 1.95. The van der Waals surface area contributed by atoms with E-state index in [-0.39, 0.29) is 16.1 Å². The highest BCUT2D eigenvalue weighted by atomic mass is 35.5. The molecule has 0 spiro atoms. The van der Waals surface area contributed by atoms with E-state index in [2.05, 4.69) is 15.0 Å². The van der Waals surface area contributed by atoms with Crippen LogP contribution in [0.4, 0.5) is 0 Å². The number of nitrogens with zero attached hydrogens (tertiary/aromatic N) is 1. The first-order chi connectivity index (χ1) is 8.59. The van der Waals surface area contributed by atoms with Crippen molar-refractivity contribution in [1.29, 1.82) is 0 Å². The number of hydrogen-bond donors (Lipinski definition) is 2. The van der Waals surface area contributed by atoms with Crippen LogP contribution < -0.4 is 10.0 Å². The van der Waals surface area contributed by atoms with Gasteiger partial charge in [-0.2, -0.15) is 0 Å². The van der Waals surface area contributed by atoms with Crippen LogP contribution >= 0.6 is 11.6 Å². The molecule has 1 aromatic rings. The zero-order valence-corrected chi connectivity index (χ0v) is 11.5. The van der Waals surface area contributed by atoms with Crippen LogP contribution in [0.2, 0.25) is 5.02 Å². The second-order valence-electron chi connectivity index (χ2n) is 4.29. The zero-order chi connectivity index (χ0) is 13.0. The molecule has 100 valence electrons. The number of rotatable bonds is 4. The minimum Gasteiger partial charge on any atom is -0.313 e. The fraction of sp³-hybridized carbons (Fsp3) is 0.545. The SMILES string of the molecule is O=S(=O)(NC[C@H]1CCCCN1)c1ncccc1Cl. The number of nitrogens with one attached hydrogen (secondary N) is 2. The van der Waals surface area contributed by atoms with Gasteiger partial charge in [0.25, 0.3) is 10.0 Å². The van der Waals surface area contributed by atoms with Crippen molar-refractivity contribution in [2.24, 2.45) is 0 Å². The Bertz CT molecular complexity index is 501. The zero-order valence-electron chi connectivity index (χ0n) is 9.89. The number of hydrogen-bond acceptors (Lipinski definition) is 4. The van der Waals surface area contributed by atoms with Crippen molar-refractivity contribution in [2.45, 2.75) is 30.3 Å². The third kappa shape index (κ3) is 3.41. The van der Waals surface area contributed by atoms with Gasteiger partial charge in [0.15, 0.2) is 5.03 Å². The number of piperidine rings is 1. The molecule has 0 aliphatic carbocycles. The van der Waals surface area contributed by atoms with Crippen molar-refractivity contribution < 1.29 is 8.42 Å². The van der Waals surface area contributed by atoms with E-state index in [1.165, 1.54) is 12.3 Å². The monoisotopic (exact) mass is 289 g/mol. The first-order valence-corrected chi connectivity index (χ1v) is 7.79. The Morgan fingerprint density at radius 3 is 3.00 bits per heavy atom. The molecule has 2 heterocycles. The molecule has 1 aromatic heterocycles. The van der Waals surface area contributed by atoms with E-state index < -0.39 is 10.0 Å². The first kappa shape index (κ1) is 13.7. The molecule has 1 atom stereocenters. The molecule has 1 saturated heterocycles. The van der Waals surface area contributed by atoms with Gasteiger partial charge >= 0.3 is 0 Å². The second-order valence-corrected chi connectivity index (χ2v) is 6.38. The predicted molar refractivity (Wildman–Crippen MR) is 70.1 cm³/mol. The Morgan fingerprint density at radius 1 is 1.50 bits per heavy atom. The van der Waals surface area contributed by atoms with Crippen LogP contribution in [-0.2, 0) is 10.0 Å². The minimum atomic E-state index is -3.62. The van der Waals surface area contributed by atoms with Crippen LogP contribution in [0.5, 0.6) is 0 Å². The van der Waals surface area contributed by atoms with E-state index in [9.17, 15) is 8.42 Å². The third-order valence-corrected chi connectivity index (χ3v) is 4.71. The van der Waals surface area contributed by atoms with E-state index in [0.717, 1.165) is 25.8 Å². The number of aromatic nitrogens is 1. The summed E-state index contributed by atoms with van der Waals surface area (Å²) in [6.45, 7) is 1.31. The van der Waals surface area contributed by atoms with E-state index in [4.69, 9.17) is 11.6 Å². The highest BCUT2D eigenvalue weighted by Gasteiger charge is 2.21. The van der Waals surface area contributed by atoms with Crippen LogP contribution in [0.25, 0.3) is 0 Å².